The quantitative estimate of drug-likeness (QED) is 0.380. The molecule has 1 aliphatic rings. The Morgan fingerprint density at radius 2 is 1.71 bits per heavy atom. The van der Waals surface area contributed by atoms with Crippen LogP contribution in [-0.4, -0.2) is 41.9 Å². The molecule has 0 aliphatic carbocycles. The molecule has 0 unspecified atom stereocenters. The Bertz CT molecular complexity index is 1440. The van der Waals surface area contributed by atoms with Gasteiger partial charge in [0.2, 0.25) is 0 Å². The lowest BCUT2D eigenvalue weighted by Gasteiger charge is -2.31. The third-order valence-electron chi connectivity index (χ3n) is 6.09. The molecule has 3 heterocycles. The summed E-state index contributed by atoms with van der Waals surface area (Å²) in [6.45, 7) is 0.978. The molecule has 176 valence electrons. The highest BCUT2D eigenvalue weighted by atomic mass is 19.1. The van der Waals surface area contributed by atoms with E-state index in [1.807, 2.05) is 18.2 Å². The molecule has 2 aromatic carbocycles. The number of pyridine rings is 2. The number of nitrogens with zero attached hydrogens (tertiary/aromatic N) is 3. The molecule has 0 N–H and O–H groups in total. The number of carbonyl (C=O) groups is 2. The first-order chi connectivity index (χ1) is 16.9. The zero-order valence-corrected chi connectivity index (χ0v) is 18.9. The average Bonchev–Trinajstić information content (AvgIpc) is 2.87. The third kappa shape index (κ3) is 4.47. The summed E-state index contributed by atoms with van der Waals surface area (Å²) in [6.07, 6.45) is 2.39. The van der Waals surface area contributed by atoms with Gasteiger partial charge >= 0.3 is 5.97 Å². The van der Waals surface area contributed by atoms with E-state index in [2.05, 4.69) is 14.9 Å². The monoisotopic (exact) mass is 473 g/mol. The fourth-order valence-corrected chi connectivity index (χ4v) is 4.39. The summed E-state index contributed by atoms with van der Waals surface area (Å²) in [4.78, 5) is 34.9. The number of esters is 1. The number of fused-ring (bicyclic) bond motifs is 1. The van der Waals surface area contributed by atoms with Gasteiger partial charge in [-0.2, -0.15) is 0 Å². The van der Waals surface area contributed by atoms with Gasteiger partial charge in [-0.1, -0.05) is 12.1 Å². The molecule has 0 bridgehead atoms. The zero-order valence-electron chi connectivity index (χ0n) is 18.9. The first kappa shape index (κ1) is 22.6. The highest BCUT2D eigenvalue weighted by Gasteiger charge is 2.23. The molecule has 5 rings (SSSR count). The summed E-state index contributed by atoms with van der Waals surface area (Å²) in [6, 6.07) is 14.0. The standard InChI is InChI=1S/C27H21F2N3O3/c1-35-27(34)25-4-2-3-23(31-25)16-5-6-24-21(13-16)26(32-9-7-20(33)8-10-32)22(15-30-24)17-11-18(28)14-19(29)12-17/h2-6,11-15H,7-10H2,1H3. The van der Waals surface area contributed by atoms with Crippen molar-refractivity contribution in [2.45, 2.75) is 12.8 Å². The molecule has 6 nitrogen and oxygen atoms in total. The number of anilines is 1. The molecule has 0 atom stereocenters. The number of halogens is 2. The van der Waals surface area contributed by atoms with Crippen molar-refractivity contribution in [1.82, 2.24) is 9.97 Å². The van der Waals surface area contributed by atoms with Crippen molar-refractivity contribution < 1.29 is 23.1 Å². The molecule has 2 aromatic heterocycles. The lowest BCUT2D eigenvalue weighted by Crippen LogP contribution is -2.34. The zero-order chi connectivity index (χ0) is 24.5. The number of piperidine rings is 1. The van der Waals surface area contributed by atoms with Crippen molar-refractivity contribution in [3.63, 3.8) is 0 Å². The average molecular weight is 473 g/mol. The molecule has 35 heavy (non-hydrogen) atoms. The Hall–Kier alpha value is -4.20. The van der Waals surface area contributed by atoms with Crippen LogP contribution in [0.5, 0.6) is 0 Å². The summed E-state index contributed by atoms with van der Waals surface area (Å²) >= 11 is 0. The van der Waals surface area contributed by atoms with Crippen LogP contribution in [0.2, 0.25) is 0 Å². The Labute approximate surface area is 200 Å². The van der Waals surface area contributed by atoms with Crippen molar-refractivity contribution in [2.75, 3.05) is 25.1 Å². The molecule has 0 radical (unpaired) electrons. The number of carbonyl (C=O) groups excluding carboxylic acids is 2. The maximum atomic E-state index is 14.1. The van der Waals surface area contributed by atoms with Gasteiger partial charge in [-0.25, -0.2) is 18.6 Å². The summed E-state index contributed by atoms with van der Waals surface area (Å²) in [5.74, 6) is -1.72. The summed E-state index contributed by atoms with van der Waals surface area (Å²) in [5.41, 5.74) is 3.85. The molecular weight excluding hydrogens is 452 g/mol. The van der Waals surface area contributed by atoms with Gasteiger partial charge in [0.05, 0.1) is 24.0 Å². The van der Waals surface area contributed by atoms with Crippen LogP contribution in [-0.2, 0) is 9.53 Å². The van der Waals surface area contributed by atoms with Gasteiger partial charge in [-0.05, 0) is 42.0 Å². The van der Waals surface area contributed by atoms with E-state index in [-0.39, 0.29) is 11.5 Å². The summed E-state index contributed by atoms with van der Waals surface area (Å²) in [5, 5.41) is 0.754. The van der Waals surface area contributed by atoms with Gasteiger partial charge in [0.15, 0.2) is 0 Å². The largest absolute Gasteiger partial charge is 0.464 e. The van der Waals surface area contributed by atoms with Crippen LogP contribution in [0.15, 0.2) is 60.8 Å². The molecular formula is C27H21F2N3O3. The van der Waals surface area contributed by atoms with E-state index in [0.717, 1.165) is 22.7 Å². The maximum Gasteiger partial charge on any atom is 0.356 e. The fourth-order valence-electron chi connectivity index (χ4n) is 4.39. The van der Waals surface area contributed by atoms with E-state index in [9.17, 15) is 18.4 Å². The van der Waals surface area contributed by atoms with Crippen LogP contribution in [0.25, 0.3) is 33.3 Å². The maximum absolute atomic E-state index is 14.1. The SMILES string of the molecule is COC(=O)c1cccc(-c2ccc3ncc(-c4cc(F)cc(F)c4)c(N4CCC(=O)CC4)c3c2)n1. The number of aromatic nitrogens is 2. The number of methoxy groups -OCH3 is 1. The predicted molar refractivity (Wildman–Crippen MR) is 128 cm³/mol. The fraction of sp³-hybridized carbons (Fsp3) is 0.185. The van der Waals surface area contributed by atoms with Gasteiger partial charge in [-0.3, -0.25) is 9.78 Å². The minimum Gasteiger partial charge on any atom is -0.464 e. The van der Waals surface area contributed by atoms with Gasteiger partial charge in [0.25, 0.3) is 0 Å². The van der Waals surface area contributed by atoms with Gasteiger partial charge in [0, 0.05) is 54.7 Å². The third-order valence-corrected chi connectivity index (χ3v) is 6.09. The van der Waals surface area contributed by atoms with Crippen molar-refractivity contribution in [3.05, 3.63) is 78.1 Å². The number of rotatable bonds is 4. The van der Waals surface area contributed by atoms with Crippen LogP contribution in [0.3, 0.4) is 0 Å². The molecule has 1 saturated heterocycles. The second-order valence-corrected chi connectivity index (χ2v) is 8.34. The number of hydrogen-bond donors (Lipinski definition) is 0. The molecule has 8 heteroatoms. The molecule has 0 spiro atoms. The lowest BCUT2D eigenvalue weighted by atomic mass is 9.97. The van der Waals surface area contributed by atoms with E-state index < -0.39 is 17.6 Å². The number of ether oxygens (including phenoxy) is 1. The Morgan fingerprint density at radius 1 is 0.971 bits per heavy atom. The second-order valence-electron chi connectivity index (χ2n) is 8.34. The van der Waals surface area contributed by atoms with Gasteiger partial charge in [-0.15, -0.1) is 0 Å². The Morgan fingerprint density at radius 3 is 2.43 bits per heavy atom. The van der Waals surface area contributed by atoms with E-state index in [1.165, 1.54) is 19.2 Å². The highest BCUT2D eigenvalue weighted by molar-refractivity contribution is 6.02. The Kier molecular flexibility index (Phi) is 5.94. The summed E-state index contributed by atoms with van der Waals surface area (Å²) in [7, 11) is 1.30. The first-order valence-corrected chi connectivity index (χ1v) is 11.1. The van der Waals surface area contributed by atoms with Crippen molar-refractivity contribution >= 4 is 28.3 Å². The van der Waals surface area contributed by atoms with Crippen LogP contribution in [0.4, 0.5) is 14.5 Å². The van der Waals surface area contributed by atoms with E-state index in [4.69, 9.17) is 4.74 Å². The van der Waals surface area contributed by atoms with Crippen molar-refractivity contribution in [3.8, 4) is 22.4 Å². The minimum absolute atomic E-state index is 0.182. The molecule has 1 fully saturated rings. The molecule has 0 amide bonds. The highest BCUT2D eigenvalue weighted by Crippen LogP contribution is 2.39. The van der Waals surface area contributed by atoms with Crippen LogP contribution < -0.4 is 4.90 Å². The summed E-state index contributed by atoms with van der Waals surface area (Å²) < 4.78 is 33.0. The van der Waals surface area contributed by atoms with Gasteiger partial charge < -0.3 is 9.64 Å². The van der Waals surface area contributed by atoms with Gasteiger partial charge in [0.1, 0.15) is 23.1 Å². The minimum atomic E-state index is -0.683. The van der Waals surface area contributed by atoms with Crippen LogP contribution >= 0.6 is 0 Å². The Balaban J connectivity index is 1.72. The molecule has 1 aliphatic heterocycles. The molecule has 0 saturated carbocycles. The first-order valence-electron chi connectivity index (χ1n) is 11.1. The van der Waals surface area contributed by atoms with E-state index >= 15 is 0 Å². The number of Topliss-reactive ketones (excluding diaryl/α,β-unsaturated/α-hetero) is 1. The van der Waals surface area contributed by atoms with E-state index in [0.29, 0.717) is 48.3 Å². The number of benzene rings is 2. The normalized spacial score (nSPS) is 13.8. The predicted octanol–water partition coefficient (Wildman–Crippen LogP) is 5.20. The van der Waals surface area contributed by atoms with Crippen molar-refractivity contribution in [2.24, 2.45) is 0 Å². The topological polar surface area (TPSA) is 72.4 Å². The second kappa shape index (κ2) is 9.21. The van der Waals surface area contributed by atoms with Crippen molar-refractivity contribution in [1.29, 1.82) is 0 Å². The number of ketones is 1. The smallest absolute Gasteiger partial charge is 0.356 e. The molecule has 4 aromatic rings. The van der Waals surface area contributed by atoms with Crippen LogP contribution in [0, 0.1) is 11.6 Å². The number of hydrogen-bond acceptors (Lipinski definition) is 6. The van der Waals surface area contributed by atoms with E-state index in [1.54, 1.807) is 24.4 Å². The van der Waals surface area contributed by atoms with Crippen LogP contribution in [0.1, 0.15) is 23.3 Å². The lowest BCUT2D eigenvalue weighted by molar-refractivity contribution is -0.119.